The van der Waals surface area contributed by atoms with Gasteiger partial charge in [-0.1, -0.05) is 6.07 Å². The summed E-state index contributed by atoms with van der Waals surface area (Å²) in [5.41, 5.74) is 8.75. The SMILES string of the molecule is Nc1cccc2oc(Nc3ccc(I)cc3)nc12. The lowest BCUT2D eigenvalue weighted by Crippen LogP contribution is -1.90. The monoisotopic (exact) mass is 351 g/mol. The number of hydrogen-bond acceptors (Lipinski definition) is 4. The highest BCUT2D eigenvalue weighted by molar-refractivity contribution is 14.1. The first-order chi connectivity index (χ1) is 8.72. The molecule has 0 aliphatic carbocycles. The lowest BCUT2D eigenvalue weighted by atomic mass is 10.3. The molecule has 3 rings (SSSR count). The van der Waals surface area contributed by atoms with E-state index in [1.165, 1.54) is 3.57 Å². The van der Waals surface area contributed by atoms with Crippen LogP contribution in [-0.2, 0) is 0 Å². The molecule has 5 heteroatoms. The van der Waals surface area contributed by atoms with Gasteiger partial charge in [0.2, 0.25) is 0 Å². The zero-order chi connectivity index (χ0) is 12.5. The second-order valence-corrected chi connectivity index (χ2v) is 5.09. The maximum atomic E-state index is 5.83. The van der Waals surface area contributed by atoms with E-state index in [1.54, 1.807) is 6.07 Å². The Balaban J connectivity index is 1.95. The summed E-state index contributed by atoms with van der Waals surface area (Å²) < 4.78 is 6.76. The number of nitrogens with one attached hydrogen (secondary N) is 1. The van der Waals surface area contributed by atoms with Crippen molar-refractivity contribution in [1.82, 2.24) is 4.98 Å². The number of oxazole rings is 1. The van der Waals surface area contributed by atoms with Crippen molar-refractivity contribution in [1.29, 1.82) is 0 Å². The van der Waals surface area contributed by atoms with Crippen LogP contribution in [0.2, 0.25) is 0 Å². The number of halogens is 1. The molecule has 4 nitrogen and oxygen atoms in total. The van der Waals surface area contributed by atoms with Crippen molar-refractivity contribution in [3.8, 4) is 0 Å². The van der Waals surface area contributed by atoms with E-state index in [0.29, 0.717) is 22.8 Å². The molecule has 2 aromatic carbocycles. The zero-order valence-corrected chi connectivity index (χ0v) is 11.5. The average Bonchev–Trinajstić information content (AvgIpc) is 2.76. The molecule has 0 aliphatic heterocycles. The largest absolute Gasteiger partial charge is 0.423 e. The van der Waals surface area contributed by atoms with Gasteiger partial charge in [0.05, 0.1) is 5.69 Å². The van der Waals surface area contributed by atoms with Gasteiger partial charge in [-0.15, -0.1) is 0 Å². The van der Waals surface area contributed by atoms with Crippen molar-refractivity contribution >= 4 is 51.1 Å². The molecule has 0 saturated carbocycles. The summed E-state index contributed by atoms with van der Waals surface area (Å²) in [5.74, 6) is 0. The highest BCUT2D eigenvalue weighted by Gasteiger charge is 2.07. The molecule has 3 N–H and O–H groups in total. The predicted octanol–water partition coefficient (Wildman–Crippen LogP) is 3.76. The van der Waals surface area contributed by atoms with Crippen LogP contribution < -0.4 is 11.1 Å². The third kappa shape index (κ3) is 2.13. The maximum absolute atomic E-state index is 5.83. The van der Waals surface area contributed by atoms with Crippen molar-refractivity contribution in [2.75, 3.05) is 11.1 Å². The van der Waals surface area contributed by atoms with E-state index >= 15 is 0 Å². The lowest BCUT2D eigenvalue weighted by molar-refractivity contribution is 0.623. The van der Waals surface area contributed by atoms with Gasteiger partial charge in [0, 0.05) is 9.26 Å². The first kappa shape index (κ1) is 11.3. The Morgan fingerprint density at radius 3 is 2.61 bits per heavy atom. The fourth-order valence-corrected chi connectivity index (χ4v) is 2.04. The Labute approximate surface area is 117 Å². The smallest absolute Gasteiger partial charge is 0.300 e. The van der Waals surface area contributed by atoms with Crippen LogP contribution in [0.5, 0.6) is 0 Å². The van der Waals surface area contributed by atoms with E-state index in [2.05, 4.69) is 32.9 Å². The van der Waals surface area contributed by atoms with Crippen molar-refractivity contribution in [3.05, 3.63) is 46.0 Å². The van der Waals surface area contributed by atoms with Crippen LogP contribution in [0.1, 0.15) is 0 Å². The molecule has 0 saturated heterocycles. The third-order valence-corrected chi connectivity index (χ3v) is 3.26. The minimum absolute atomic E-state index is 0.448. The number of nitrogens with zero attached hydrogens (tertiary/aromatic N) is 1. The fourth-order valence-electron chi connectivity index (χ4n) is 1.68. The molecule has 3 aromatic rings. The number of hydrogen-bond donors (Lipinski definition) is 2. The molecule has 0 radical (unpaired) electrons. The van der Waals surface area contributed by atoms with Crippen LogP contribution in [0.25, 0.3) is 11.1 Å². The summed E-state index contributed by atoms with van der Waals surface area (Å²) in [7, 11) is 0. The first-order valence-electron chi connectivity index (χ1n) is 5.40. The first-order valence-corrected chi connectivity index (χ1v) is 6.48. The Morgan fingerprint density at radius 1 is 1.11 bits per heavy atom. The number of anilines is 3. The third-order valence-electron chi connectivity index (χ3n) is 2.55. The molecular formula is C13H10IN3O. The zero-order valence-electron chi connectivity index (χ0n) is 9.35. The number of nitrogens with two attached hydrogens (primary N) is 1. The normalized spacial score (nSPS) is 10.7. The van der Waals surface area contributed by atoms with E-state index in [0.717, 1.165) is 5.69 Å². The molecule has 0 atom stereocenters. The van der Waals surface area contributed by atoms with Gasteiger partial charge in [0.25, 0.3) is 6.01 Å². The second kappa shape index (κ2) is 4.49. The minimum atomic E-state index is 0.448. The molecule has 0 aliphatic rings. The Morgan fingerprint density at radius 2 is 1.89 bits per heavy atom. The number of rotatable bonds is 2. The van der Waals surface area contributed by atoms with Gasteiger partial charge in [0.1, 0.15) is 5.52 Å². The maximum Gasteiger partial charge on any atom is 0.300 e. The van der Waals surface area contributed by atoms with Crippen molar-refractivity contribution < 1.29 is 4.42 Å². The van der Waals surface area contributed by atoms with E-state index < -0.39 is 0 Å². The molecule has 18 heavy (non-hydrogen) atoms. The molecule has 90 valence electrons. The molecule has 0 fully saturated rings. The molecule has 0 spiro atoms. The molecular weight excluding hydrogens is 341 g/mol. The van der Waals surface area contributed by atoms with Crippen LogP contribution >= 0.6 is 22.6 Å². The Hall–Kier alpha value is -1.76. The molecule has 1 aromatic heterocycles. The van der Waals surface area contributed by atoms with E-state index in [4.69, 9.17) is 10.2 Å². The second-order valence-electron chi connectivity index (χ2n) is 3.84. The summed E-state index contributed by atoms with van der Waals surface area (Å²) in [6, 6.07) is 13.9. The number of fused-ring (bicyclic) bond motifs is 1. The van der Waals surface area contributed by atoms with Gasteiger partial charge in [-0.05, 0) is 59.0 Å². The topological polar surface area (TPSA) is 64.1 Å². The Bertz CT molecular complexity index is 691. The highest BCUT2D eigenvalue weighted by atomic mass is 127. The number of benzene rings is 2. The summed E-state index contributed by atoms with van der Waals surface area (Å²) in [6.45, 7) is 0. The van der Waals surface area contributed by atoms with Crippen molar-refractivity contribution in [3.63, 3.8) is 0 Å². The van der Waals surface area contributed by atoms with Crippen molar-refractivity contribution in [2.45, 2.75) is 0 Å². The summed E-state index contributed by atoms with van der Waals surface area (Å²) in [4.78, 5) is 4.33. The van der Waals surface area contributed by atoms with Crippen LogP contribution in [0.4, 0.5) is 17.4 Å². The van der Waals surface area contributed by atoms with Gasteiger partial charge in [0.15, 0.2) is 5.58 Å². The van der Waals surface area contributed by atoms with E-state index in [9.17, 15) is 0 Å². The number of nitrogen functional groups attached to an aromatic ring is 1. The van der Waals surface area contributed by atoms with Crippen LogP contribution in [-0.4, -0.2) is 4.98 Å². The van der Waals surface area contributed by atoms with E-state index in [-0.39, 0.29) is 0 Å². The summed E-state index contributed by atoms with van der Waals surface area (Å²) in [6.07, 6.45) is 0. The van der Waals surface area contributed by atoms with Gasteiger partial charge in [-0.25, -0.2) is 0 Å². The quantitative estimate of drug-likeness (QED) is 0.545. The summed E-state index contributed by atoms with van der Waals surface area (Å²) in [5, 5.41) is 3.11. The standard InChI is InChI=1S/C13H10IN3O/c14-8-4-6-9(7-5-8)16-13-17-12-10(15)2-1-3-11(12)18-13/h1-7H,15H2,(H,16,17). The lowest BCUT2D eigenvalue weighted by Gasteiger charge is -2.00. The van der Waals surface area contributed by atoms with Gasteiger partial charge in [-0.3, -0.25) is 0 Å². The summed E-state index contributed by atoms with van der Waals surface area (Å²) >= 11 is 2.26. The van der Waals surface area contributed by atoms with Crippen LogP contribution in [0.15, 0.2) is 46.9 Å². The van der Waals surface area contributed by atoms with Gasteiger partial charge >= 0.3 is 0 Å². The average molecular weight is 351 g/mol. The molecule has 1 heterocycles. The minimum Gasteiger partial charge on any atom is -0.423 e. The molecule has 0 bridgehead atoms. The van der Waals surface area contributed by atoms with Crippen LogP contribution in [0, 0.1) is 3.57 Å². The van der Waals surface area contributed by atoms with Gasteiger partial charge in [-0.2, -0.15) is 4.98 Å². The Kier molecular flexibility index (Phi) is 2.83. The fraction of sp³-hybridized carbons (Fsp3) is 0. The van der Waals surface area contributed by atoms with E-state index in [1.807, 2.05) is 36.4 Å². The van der Waals surface area contributed by atoms with Gasteiger partial charge < -0.3 is 15.5 Å². The number of aromatic nitrogens is 1. The molecule has 0 amide bonds. The number of para-hydroxylation sites is 1. The molecule has 0 unspecified atom stereocenters. The highest BCUT2D eigenvalue weighted by Crippen LogP contribution is 2.25. The predicted molar refractivity (Wildman–Crippen MR) is 80.9 cm³/mol. The van der Waals surface area contributed by atoms with Crippen molar-refractivity contribution in [2.24, 2.45) is 0 Å². The van der Waals surface area contributed by atoms with Crippen LogP contribution in [0.3, 0.4) is 0 Å².